The molecule has 0 heterocycles. The van der Waals surface area contributed by atoms with Crippen LogP contribution in [0, 0.1) is 6.92 Å². The van der Waals surface area contributed by atoms with Crippen molar-refractivity contribution in [2.24, 2.45) is 0 Å². The summed E-state index contributed by atoms with van der Waals surface area (Å²) >= 11 is 0. The van der Waals surface area contributed by atoms with E-state index in [2.05, 4.69) is 10.0 Å². The fourth-order valence-corrected chi connectivity index (χ4v) is 5.11. The van der Waals surface area contributed by atoms with E-state index < -0.39 is 44.3 Å². The number of amides is 1. The van der Waals surface area contributed by atoms with Crippen LogP contribution in [-0.2, 0) is 31.0 Å². The number of anilines is 2. The van der Waals surface area contributed by atoms with Gasteiger partial charge in [-0.25, -0.2) is 21.1 Å². The summed E-state index contributed by atoms with van der Waals surface area (Å²) in [7, 11) is -5.13. The van der Waals surface area contributed by atoms with Crippen LogP contribution in [0.5, 0.6) is 5.75 Å². The molecule has 9 nitrogen and oxygen atoms in total. The van der Waals surface area contributed by atoms with Crippen LogP contribution in [0.2, 0.25) is 0 Å². The number of halogens is 3. The van der Waals surface area contributed by atoms with Crippen molar-refractivity contribution in [3.63, 3.8) is 0 Å². The van der Waals surface area contributed by atoms with Gasteiger partial charge in [-0.2, -0.15) is 13.2 Å². The first-order chi connectivity index (χ1) is 17.6. The van der Waals surface area contributed by atoms with Gasteiger partial charge in [0.25, 0.3) is 15.9 Å². The molecule has 0 aromatic heterocycles. The number of hydrogen-bond acceptors (Lipinski definition) is 6. The van der Waals surface area contributed by atoms with Gasteiger partial charge in [0.2, 0.25) is 10.0 Å². The van der Waals surface area contributed by atoms with E-state index in [1.54, 1.807) is 13.0 Å². The maximum atomic E-state index is 12.9. The van der Waals surface area contributed by atoms with Gasteiger partial charge < -0.3 is 10.1 Å². The quantitative estimate of drug-likeness (QED) is 0.399. The monoisotopic (exact) mass is 571 g/mol. The number of carbonyl (C=O) groups excluding carboxylic acids is 1. The molecular weight excluding hydrogens is 547 g/mol. The van der Waals surface area contributed by atoms with Crippen molar-refractivity contribution < 1.29 is 39.5 Å². The Bertz CT molecular complexity index is 1540. The lowest BCUT2D eigenvalue weighted by Crippen LogP contribution is -2.23. The van der Waals surface area contributed by atoms with E-state index in [0.29, 0.717) is 11.6 Å². The van der Waals surface area contributed by atoms with Crippen LogP contribution in [0.3, 0.4) is 0 Å². The lowest BCUT2D eigenvalue weighted by Gasteiger charge is -2.15. The first-order valence-electron chi connectivity index (χ1n) is 10.9. The maximum Gasteiger partial charge on any atom is 0.416 e. The minimum Gasteiger partial charge on any atom is -0.484 e. The Kier molecular flexibility index (Phi) is 8.39. The van der Waals surface area contributed by atoms with E-state index in [1.165, 1.54) is 56.6 Å². The summed E-state index contributed by atoms with van der Waals surface area (Å²) in [6, 6.07) is 13.0. The number of hydrogen-bond donors (Lipinski definition) is 2. The minimum atomic E-state index is -4.63. The molecule has 0 fully saturated rings. The summed E-state index contributed by atoms with van der Waals surface area (Å²) in [6.45, 7) is 1.23. The fraction of sp³-hybridized carbons (Fsp3) is 0.208. The van der Waals surface area contributed by atoms with Gasteiger partial charge in [-0.05, 0) is 67.1 Å². The Morgan fingerprint density at radius 1 is 0.921 bits per heavy atom. The first-order valence-corrected chi connectivity index (χ1v) is 13.8. The number of ether oxygens (including phenoxy) is 1. The predicted molar refractivity (Wildman–Crippen MR) is 135 cm³/mol. The molecule has 0 aliphatic carbocycles. The summed E-state index contributed by atoms with van der Waals surface area (Å²) in [5.41, 5.74) is -0.349. The van der Waals surface area contributed by atoms with Crippen molar-refractivity contribution in [2.45, 2.75) is 22.9 Å². The molecular formula is C24H24F3N3O6S2. The number of nitrogens with one attached hydrogen (secondary N) is 2. The molecule has 0 unspecified atom stereocenters. The standard InChI is InChI=1S/C24H24F3N3O6S2/c1-16-7-10-21(38(34,35)30(2)3)14-22(16)28-23(31)15-36-19-8-11-20(12-9-19)37(32,33)29-18-6-4-5-17(13-18)24(25,26)27/h4-14,29H,15H2,1-3H3,(H,28,31). The third kappa shape index (κ3) is 7.02. The number of benzene rings is 3. The van der Waals surface area contributed by atoms with E-state index in [-0.39, 0.29) is 26.9 Å². The van der Waals surface area contributed by atoms with Gasteiger partial charge in [-0.15, -0.1) is 0 Å². The second-order valence-corrected chi connectivity index (χ2v) is 12.1. The Morgan fingerprint density at radius 3 is 2.16 bits per heavy atom. The van der Waals surface area contributed by atoms with Crippen molar-refractivity contribution in [3.05, 3.63) is 77.9 Å². The highest BCUT2D eigenvalue weighted by atomic mass is 32.2. The normalized spacial score (nSPS) is 12.3. The molecule has 3 rings (SSSR count). The molecule has 0 aliphatic heterocycles. The van der Waals surface area contributed by atoms with Gasteiger partial charge in [-0.3, -0.25) is 9.52 Å². The van der Waals surface area contributed by atoms with Gasteiger partial charge in [-0.1, -0.05) is 12.1 Å². The summed E-state index contributed by atoms with van der Waals surface area (Å²) < 4.78 is 97.0. The average molecular weight is 572 g/mol. The first kappa shape index (κ1) is 28.9. The average Bonchev–Trinajstić information content (AvgIpc) is 2.83. The van der Waals surface area contributed by atoms with Crippen LogP contribution in [0.1, 0.15) is 11.1 Å². The van der Waals surface area contributed by atoms with Gasteiger partial charge in [0.15, 0.2) is 6.61 Å². The second-order valence-electron chi connectivity index (χ2n) is 8.26. The molecule has 0 atom stereocenters. The Hall–Kier alpha value is -3.62. The lowest BCUT2D eigenvalue weighted by molar-refractivity contribution is -0.137. The van der Waals surface area contributed by atoms with Crippen molar-refractivity contribution in [1.29, 1.82) is 0 Å². The molecule has 3 aromatic carbocycles. The highest BCUT2D eigenvalue weighted by Crippen LogP contribution is 2.31. The van der Waals surface area contributed by atoms with Crippen molar-refractivity contribution >= 4 is 37.3 Å². The van der Waals surface area contributed by atoms with Crippen LogP contribution in [0.15, 0.2) is 76.5 Å². The van der Waals surface area contributed by atoms with Crippen LogP contribution in [0.4, 0.5) is 24.5 Å². The largest absolute Gasteiger partial charge is 0.484 e. The molecule has 14 heteroatoms. The topological polar surface area (TPSA) is 122 Å². The number of sulfonamides is 2. The molecule has 3 aromatic rings. The summed E-state index contributed by atoms with van der Waals surface area (Å²) in [5, 5.41) is 2.58. The third-order valence-corrected chi connectivity index (χ3v) is 8.42. The van der Waals surface area contributed by atoms with Crippen LogP contribution < -0.4 is 14.8 Å². The zero-order valence-electron chi connectivity index (χ0n) is 20.4. The van der Waals surface area contributed by atoms with Crippen molar-refractivity contribution in [2.75, 3.05) is 30.7 Å². The number of carbonyl (C=O) groups is 1. The van der Waals surface area contributed by atoms with Crippen LogP contribution >= 0.6 is 0 Å². The highest BCUT2D eigenvalue weighted by molar-refractivity contribution is 7.92. The van der Waals surface area contributed by atoms with E-state index >= 15 is 0 Å². The number of aryl methyl sites for hydroxylation is 1. The molecule has 1 amide bonds. The molecule has 2 N–H and O–H groups in total. The Balaban J connectivity index is 1.64. The number of rotatable bonds is 9. The van der Waals surface area contributed by atoms with Gasteiger partial charge >= 0.3 is 6.18 Å². The Morgan fingerprint density at radius 2 is 1.55 bits per heavy atom. The zero-order valence-corrected chi connectivity index (χ0v) is 22.0. The van der Waals surface area contributed by atoms with Crippen LogP contribution in [0.25, 0.3) is 0 Å². The summed E-state index contributed by atoms with van der Waals surface area (Å²) in [4.78, 5) is 12.1. The molecule has 0 spiro atoms. The molecule has 204 valence electrons. The van der Waals surface area contributed by atoms with Crippen LogP contribution in [-0.4, -0.2) is 47.8 Å². The van der Waals surface area contributed by atoms with Gasteiger partial charge in [0.05, 0.1) is 15.4 Å². The van der Waals surface area contributed by atoms with Crippen molar-refractivity contribution in [1.82, 2.24) is 4.31 Å². The fourth-order valence-electron chi connectivity index (χ4n) is 3.13. The summed E-state index contributed by atoms with van der Waals surface area (Å²) in [5.74, 6) is -0.436. The van der Waals surface area contributed by atoms with Crippen molar-refractivity contribution in [3.8, 4) is 5.75 Å². The second kappa shape index (κ2) is 11.0. The molecule has 0 aliphatic rings. The number of alkyl halides is 3. The molecule has 0 bridgehead atoms. The van der Waals surface area contributed by atoms with E-state index in [0.717, 1.165) is 16.4 Å². The highest BCUT2D eigenvalue weighted by Gasteiger charge is 2.30. The lowest BCUT2D eigenvalue weighted by atomic mass is 10.2. The molecule has 0 radical (unpaired) electrons. The smallest absolute Gasteiger partial charge is 0.416 e. The maximum absolute atomic E-state index is 12.9. The molecule has 0 saturated heterocycles. The zero-order chi connectivity index (χ0) is 28.3. The Labute approximate surface area is 218 Å². The predicted octanol–water partition coefficient (Wildman–Crippen LogP) is 4.08. The summed E-state index contributed by atoms with van der Waals surface area (Å²) in [6.07, 6.45) is -4.63. The minimum absolute atomic E-state index is 0.000131. The molecule has 0 saturated carbocycles. The third-order valence-electron chi connectivity index (χ3n) is 5.21. The van der Waals surface area contributed by atoms with Gasteiger partial charge in [0, 0.05) is 25.5 Å². The van der Waals surface area contributed by atoms with Gasteiger partial charge in [0.1, 0.15) is 5.75 Å². The SMILES string of the molecule is Cc1ccc(S(=O)(=O)N(C)C)cc1NC(=O)COc1ccc(S(=O)(=O)Nc2cccc(C(F)(F)F)c2)cc1. The molecule has 38 heavy (non-hydrogen) atoms. The number of nitrogens with zero attached hydrogens (tertiary/aromatic N) is 1. The van der Waals surface area contributed by atoms with E-state index in [9.17, 15) is 34.8 Å². The van der Waals surface area contributed by atoms with E-state index in [1.807, 2.05) is 0 Å². The van der Waals surface area contributed by atoms with E-state index in [4.69, 9.17) is 4.74 Å².